The number of hydrogen-bond acceptors (Lipinski definition) is 5. The van der Waals surface area contributed by atoms with Crippen LogP contribution in [0.4, 0.5) is 5.82 Å². The minimum atomic E-state index is -0.171. The number of anilines is 1. The van der Waals surface area contributed by atoms with Crippen LogP contribution in [-0.2, 0) is 6.54 Å². The van der Waals surface area contributed by atoms with Gasteiger partial charge in [0.05, 0.1) is 11.7 Å². The fourth-order valence-electron chi connectivity index (χ4n) is 5.98. The van der Waals surface area contributed by atoms with Gasteiger partial charge in [0.1, 0.15) is 5.82 Å². The number of pyridine rings is 1. The summed E-state index contributed by atoms with van der Waals surface area (Å²) in [5.41, 5.74) is 4.82. The van der Waals surface area contributed by atoms with Crippen LogP contribution in [0.5, 0.6) is 0 Å². The smallest absolute Gasteiger partial charge is 0.256 e. The summed E-state index contributed by atoms with van der Waals surface area (Å²) in [4.78, 5) is 23.5. The topological polar surface area (TPSA) is 90.9 Å². The number of nitrogens with one attached hydrogen (secondary N) is 3. The van der Waals surface area contributed by atoms with Gasteiger partial charge in [-0.1, -0.05) is 12.1 Å². The van der Waals surface area contributed by atoms with Crippen LogP contribution >= 0.6 is 24.8 Å². The summed E-state index contributed by atoms with van der Waals surface area (Å²) in [5, 5.41) is 12.0. The van der Waals surface area contributed by atoms with E-state index in [9.17, 15) is 4.79 Å². The van der Waals surface area contributed by atoms with E-state index in [4.69, 9.17) is 0 Å². The summed E-state index contributed by atoms with van der Waals surface area (Å²) in [6.07, 6.45) is 13.2. The molecule has 3 N–H and O–H groups in total. The van der Waals surface area contributed by atoms with Crippen LogP contribution in [0.2, 0.25) is 0 Å². The molecule has 8 nitrogen and oxygen atoms in total. The van der Waals surface area contributed by atoms with Crippen molar-refractivity contribution in [2.75, 3.05) is 32.0 Å². The van der Waals surface area contributed by atoms with Crippen LogP contribution in [-0.4, -0.2) is 57.2 Å². The van der Waals surface area contributed by atoms with E-state index in [1.54, 1.807) is 0 Å². The molecule has 6 rings (SSSR count). The zero-order valence-electron chi connectivity index (χ0n) is 22.9. The molecule has 0 radical (unpaired) electrons. The normalized spacial score (nSPS) is 17.9. The van der Waals surface area contributed by atoms with Crippen molar-refractivity contribution in [3.8, 4) is 11.1 Å². The van der Waals surface area contributed by atoms with E-state index in [2.05, 4.69) is 49.9 Å². The van der Waals surface area contributed by atoms with Crippen LogP contribution in [0.3, 0.4) is 0 Å². The maximum Gasteiger partial charge on any atom is 0.256 e. The van der Waals surface area contributed by atoms with E-state index in [1.807, 2.05) is 47.4 Å². The van der Waals surface area contributed by atoms with Crippen molar-refractivity contribution >= 4 is 47.4 Å². The zero-order chi connectivity index (χ0) is 25.9. The SMILES string of the molecule is CN1CCC[C@@H]1c1cc2cnc(NC(=O)c3cccc(-c4cnn(CCCC5CCNCC5)c4)c3)cc2[nH]1.Cl.Cl. The van der Waals surface area contributed by atoms with Crippen molar-refractivity contribution in [3.63, 3.8) is 0 Å². The van der Waals surface area contributed by atoms with Crippen molar-refractivity contribution in [2.45, 2.75) is 51.1 Å². The number of H-pyrrole nitrogens is 1. The Morgan fingerprint density at radius 3 is 2.73 bits per heavy atom. The van der Waals surface area contributed by atoms with Gasteiger partial charge in [0.2, 0.25) is 0 Å². The van der Waals surface area contributed by atoms with Crippen molar-refractivity contribution in [1.29, 1.82) is 0 Å². The van der Waals surface area contributed by atoms with Crippen LogP contribution in [0.15, 0.2) is 55.0 Å². The van der Waals surface area contributed by atoms with Crippen molar-refractivity contribution in [2.24, 2.45) is 5.92 Å². The number of nitrogens with zero attached hydrogens (tertiary/aromatic N) is 4. The van der Waals surface area contributed by atoms with Crippen LogP contribution in [0, 0.1) is 5.92 Å². The van der Waals surface area contributed by atoms with Gasteiger partial charge in [-0.25, -0.2) is 4.98 Å². The molecule has 3 aromatic heterocycles. The minimum Gasteiger partial charge on any atom is -0.357 e. The van der Waals surface area contributed by atoms with Gasteiger partial charge in [0.15, 0.2) is 0 Å². The number of halogens is 2. The monoisotopic (exact) mass is 583 g/mol. The van der Waals surface area contributed by atoms with E-state index in [1.165, 1.54) is 31.4 Å². The lowest BCUT2D eigenvalue weighted by Gasteiger charge is -2.22. The van der Waals surface area contributed by atoms with Gasteiger partial charge in [-0.15, -0.1) is 24.8 Å². The van der Waals surface area contributed by atoms with Crippen molar-refractivity contribution in [1.82, 2.24) is 30.0 Å². The molecule has 5 heterocycles. The first-order chi connectivity index (χ1) is 18.6. The predicted octanol–water partition coefficient (Wildman–Crippen LogP) is 6.07. The maximum absolute atomic E-state index is 13.1. The average Bonchev–Trinajstić information content (AvgIpc) is 3.69. The summed E-state index contributed by atoms with van der Waals surface area (Å²) >= 11 is 0. The Kier molecular flexibility index (Phi) is 10.2. The standard InChI is InChI=1S/C30H37N7O.2ClH/c1-36-13-4-8-28(36)27-16-24-18-32-29(17-26(24)34-27)35-30(38)23-7-2-6-22(15-23)25-19-33-37(20-25)14-3-5-21-9-11-31-12-10-21;;/h2,6-7,15-21,28,31,34H,3-5,8-14H2,1H3,(H,32,35,38);2*1H/t28-;;/m1../s1. The molecule has 2 aliphatic heterocycles. The molecule has 0 bridgehead atoms. The molecule has 1 amide bonds. The number of benzene rings is 1. The number of aromatic nitrogens is 4. The number of amides is 1. The minimum absolute atomic E-state index is 0. The second-order valence-corrected chi connectivity index (χ2v) is 10.9. The van der Waals surface area contributed by atoms with E-state index < -0.39 is 0 Å². The predicted molar refractivity (Wildman–Crippen MR) is 166 cm³/mol. The fourth-order valence-corrected chi connectivity index (χ4v) is 5.98. The first-order valence-corrected chi connectivity index (χ1v) is 14.0. The first-order valence-electron chi connectivity index (χ1n) is 14.0. The Hall–Kier alpha value is -2.91. The molecule has 10 heteroatoms. The highest BCUT2D eigenvalue weighted by Gasteiger charge is 2.24. The van der Waals surface area contributed by atoms with Gasteiger partial charge >= 0.3 is 0 Å². The molecule has 0 spiro atoms. The van der Waals surface area contributed by atoms with Gasteiger partial charge in [-0.3, -0.25) is 14.4 Å². The van der Waals surface area contributed by atoms with Crippen molar-refractivity contribution < 1.29 is 4.79 Å². The molecular formula is C30H39Cl2N7O. The number of aromatic amines is 1. The largest absolute Gasteiger partial charge is 0.357 e. The lowest BCUT2D eigenvalue weighted by molar-refractivity contribution is 0.102. The highest BCUT2D eigenvalue weighted by molar-refractivity contribution is 6.05. The molecule has 214 valence electrons. The Morgan fingerprint density at radius 2 is 1.93 bits per heavy atom. The first kappa shape index (κ1) is 30.1. The molecular weight excluding hydrogens is 545 g/mol. The van der Waals surface area contributed by atoms with Gasteiger partial charge in [0.25, 0.3) is 5.91 Å². The highest BCUT2D eigenvalue weighted by atomic mass is 35.5. The van der Waals surface area contributed by atoms with E-state index >= 15 is 0 Å². The number of piperidine rings is 1. The lowest BCUT2D eigenvalue weighted by Crippen LogP contribution is -2.27. The van der Waals surface area contributed by atoms with Crippen LogP contribution in [0.1, 0.15) is 60.6 Å². The molecule has 2 aliphatic rings. The maximum atomic E-state index is 13.1. The third-order valence-corrected chi connectivity index (χ3v) is 8.20. The van der Waals surface area contributed by atoms with Crippen LogP contribution in [0.25, 0.3) is 22.0 Å². The third-order valence-electron chi connectivity index (χ3n) is 8.20. The molecule has 2 fully saturated rings. The second-order valence-electron chi connectivity index (χ2n) is 10.9. The van der Waals surface area contributed by atoms with Crippen LogP contribution < -0.4 is 10.6 Å². The lowest BCUT2D eigenvalue weighted by atomic mass is 9.93. The molecule has 40 heavy (non-hydrogen) atoms. The number of carbonyl (C=O) groups excluding carboxylic acids is 1. The Morgan fingerprint density at radius 1 is 1.07 bits per heavy atom. The van der Waals surface area contributed by atoms with Gasteiger partial charge in [0, 0.05) is 53.3 Å². The summed E-state index contributed by atoms with van der Waals surface area (Å²) in [6.45, 7) is 4.35. The quantitative estimate of drug-likeness (QED) is 0.234. The third kappa shape index (κ3) is 6.86. The molecule has 0 aliphatic carbocycles. The van der Waals surface area contributed by atoms with E-state index in [-0.39, 0.29) is 30.7 Å². The Bertz CT molecular complexity index is 1410. The Labute approximate surface area is 248 Å². The number of rotatable bonds is 8. The molecule has 1 aromatic carbocycles. The Balaban J connectivity index is 0.00000185. The number of likely N-dealkylation sites (tertiary alicyclic amines) is 1. The second kappa shape index (κ2) is 13.6. The molecule has 0 unspecified atom stereocenters. The van der Waals surface area contributed by atoms with E-state index in [0.29, 0.717) is 17.4 Å². The summed E-state index contributed by atoms with van der Waals surface area (Å²) < 4.78 is 2.02. The molecule has 4 aromatic rings. The molecule has 2 saturated heterocycles. The number of fused-ring (bicyclic) bond motifs is 1. The summed E-state index contributed by atoms with van der Waals surface area (Å²) in [6, 6.07) is 12.2. The number of carbonyl (C=O) groups is 1. The molecule has 1 atom stereocenters. The van der Waals surface area contributed by atoms with Crippen molar-refractivity contribution in [3.05, 3.63) is 66.2 Å². The summed E-state index contributed by atoms with van der Waals surface area (Å²) in [7, 11) is 2.17. The van der Waals surface area contributed by atoms with Gasteiger partial charge in [-0.05, 0) is 94.9 Å². The summed E-state index contributed by atoms with van der Waals surface area (Å²) in [5.74, 6) is 1.21. The zero-order valence-corrected chi connectivity index (χ0v) is 24.6. The highest BCUT2D eigenvalue weighted by Crippen LogP contribution is 2.32. The van der Waals surface area contributed by atoms with Gasteiger partial charge in [-0.2, -0.15) is 5.10 Å². The number of hydrogen-bond donors (Lipinski definition) is 3. The average molecular weight is 585 g/mol. The van der Waals surface area contributed by atoms with E-state index in [0.717, 1.165) is 67.0 Å². The molecule has 0 saturated carbocycles. The number of aryl methyl sites for hydroxylation is 1. The van der Waals surface area contributed by atoms with Gasteiger partial charge < -0.3 is 15.6 Å². The fraction of sp³-hybridized carbons (Fsp3) is 0.433.